The molecule has 0 amide bonds. The highest BCUT2D eigenvalue weighted by molar-refractivity contribution is 5.84. The number of benzene rings is 1. The van der Waals surface area contributed by atoms with Crippen LogP contribution in [0.4, 0.5) is 0 Å². The summed E-state index contributed by atoms with van der Waals surface area (Å²) in [4.78, 5) is 19.8. The average Bonchev–Trinajstić information content (AvgIpc) is 2.73. The lowest BCUT2D eigenvalue weighted by atomic mass is 9.93. The number of H-pyrrole nitrogens is 1. The Hall–Kier alpha value is -1.84. The van der Waals surface area contributed by atoms with Crippen LogP contribution in [0.3, 0.4) is 0 Å². The molecule has 0 aliphatic rings. The van der Waals surface area contributed by atoms with Crippen LogP contribution in [0.25, 0.3) is 11.0 Å². The molecule has 0 atom stereocenters. The van der Waals surface area contributed by atoms with Crippen LogP contribution >= 0.6 is 0 Å². The minimum absolute atomic E-state index is 0.262. The van der Waals surface area contributed by atoms with Crippen LogP contribution in [-0.2, 0) is 14.9 Å². The molecule has 102 valence electrons. The van der Waals surface area contributed by atoms with Crippen molar-refractivity contribution in [3.8, 4) is 0 Å². The maximum absolute atomic E-state index is 12.0. The first-order valence-corrected chi connectivity index (χ1v) is 6.51. The molecule has 4 nitrogen and oxygen atoms in total. The summed E-state index contributed by atoms with van der Waals surface area (Å²) in [6.45, 7) is 9.94. The maximum atomic E-state index is 12.0. The van der Waals surface area contributed by atoms with Crippen molar-refractivity contribution in [3.63, 3.8) is 0 Å². The molecule has 0 saturated carbocycles. The van der Waals surface area contributed by atoms with Gasteiger partial charge < -0.3 is 9.72 Å². The second-order valence-corrected chi connectivity index (χ2v) is 5.38. The van der Waals surface area contributed by atoms with Crippen molar-refractivity contribution in [3.05, 3.63) is 29.1 Å². The molecule has 0 aliphatic carbocycles. The monoisotopic (exact) mass is 260 g/mol. The van der Waals surface area contributed by atoms with Gasteiger partial charge in [-0.1, -0.05) is 0 Å². The highest BCUT2D eigenvalue weighted by Gasteiger charge is 2.34. The fourth-order valence-electron chi connectivity index (χ4n) is 1.97. The zero-order valence-electron chi connectivity index (χ0n) is 12.1. The summed E-state index contributed by atoms with van der Waals surface area (Å²) >= 11 is 0. The van der Waals surface area contributed by atoms with E-state index in [0.717, 1.165) is 11.0 Å². The first kappa shape index (κ1) is 13.6. The molecule has 1 aromatic heterocycles. The van der Waals surface area contributed by atoms with Crippen molar-refractivity contribution in [2.45, 2.75) is 40.0 Å². The Kier molecular flexibility index (Phi) is 3.35. The zero-order valence-corrected chi connectivity index (χ0v) is 12.1. The average molecular weight is 260 g/mol. The number of hydrogen-bond donors (Lipinski definition) is 1. The Morgan fingerprint density at radius 2 is 1.95 bits per heavy atom. The topological polar surface area (TPSA) is 55.0 Å². The number of carbonyl (C=O) groups excluding carboxylic acids is 1. The summed E-state index contributed by atoms with van der Waals surface area (Å²) in [5.74, 6) is 0.383. The number of aryl methyl sites for hydroxylation is 2. The van der Waals surface area contributed by atoms with E-state index in [1.807, 2.05) is 19.9 Å². The van der Waals surface area contributed by atoms with Crippen molar-refractivity contribution in [1.29, 1.82) is 0 Å². The van der Waals surface area contributed by atoms with E-state index in [1.54, 1.807) is 6.92 Å². The van der Waals surface area contributed by atoms with Crippen LogP contribution in [0.15, 0.2) is 12.1 Å². The number of aromatic amines is 1. The van der Waals surface area contributed by atoms with Crippen molar-refractivity contribution >= 4 is 17.0 Å². The second kappa shape index (κ2) is 4.68. The van der Waals surface area contributed by atoms with Gasteiger partial charge in [0.25, 0.3) is 0 Å². The minimum atomic E-state index is -0.767. The summed E-state index contributed by atoms with van der Waals surface area (Å²) in [5, 5.41) is 0. The summed E-state index contributed by atoms with van der Waals surface area (Å²) in [5.41, 5.74) is 3.47. The summed E-state index contributed by atoms with van der Waals surface area (Å²) in [6.07, 6.45) is 0. The quantitative estimate of drug-likeness (QED) is 0.863. The first-order chi connectivity index (χ1) is 8.86. The summed E-state index contributed by atoms with van der Waals surface area (Å²) in [6, 6.07) is 4.09. The molecule has 4 heteroatoms. The Bertz CT molecular complexity index is 587. The van der Waals surface area contributed by atoms with Crippen LogP contribution in [0, 0.1) is 13.8 Å². The molecule has 0 spiro atoms. The van der Waals surface area contributed by atoms with Crippen molar-refractivity contribution in [2.75, 3.05) is 6.61 Å². The van der Waals surface area contributed by atoms with E-state index in [0.29, 0.717) is 12.4 Å². The van der Waals surface area contributed by atoms with Crippen molar-refractivity contribution in [2.24, 2.45) is 0 Å². The minimum Gasteiger partial charge on any atom is -0.465 e. The van der Waals surface area contributed by atoms with Crippen LogP contribution in [-0.4, -0.2) is 22.5 Å². The van der Waals surface area contributed by atoms with Gasteiger partial charge in [0.05, 0.1) is 17.6 Å². The lowest BCUT2D eigenvalue weighted by Crippen LogP contribution is -2.32. The normalized spacial score (nSPS) is 11.8. The van der Waals surface area contributed by atoms with E-state index in [4.69, 9.17) is 4.74 Å². The van der Waals surface area contributed by atoms with E-state index in [2.05, 4.69) is 29.9 Å². The molecule has 0 aliphatic heterocycles. The van der Waals surface area contributed by atoms with Gasteiger partial charge in [0.15, 0.2) is 0 Å². The Balaban J connectivity index is 2.48. The number of aromatic nitrogens is 2. The molecule has 2 aromatic rings. The molecule has 0 radical (unpaired) electrons. The van der Waals surface area contributed by atoms with Gasteiger partial charge in [-0.15, -0.1) is 0 Å². The Morgan fingerprint density at radius 1 is 1.32 bits per heavy atom. The molecule has 0 unspecified atom stereocenters. The third-order valence-corrected chi connectivity index (χ3v) is 3.48. The Morgan fingerprint density at radius 3 is 2.58 bits per heavy atom. The molecule has 0 saturated heterocycles. The van der Waals surface area contributed by atoms with E-state index in [1.165, 1.54) is 11.1 Å². The second-order valence-electron chi connectivity index (χ2n) is 5.38. The van der Waals surface area contributed by atoms with E-state index >= 15 is 0 Å². The highest BCUT2D eigenvalue weighted by Crippen LogP contribution is 2.26. The number of rotatable bonds is 3. The van der Waals surface area contributed by atoms with Gasteiger partial charge in [-0.25, -0.2) is 4.98 Å². The Labute approximate surface area is 113 Å². The third-order valence-electron chi connectivity index (χ3n) is 3.48. The number of nitrogens with zero attached hydrogens (tertiary/aromatic N) is 1. The number of nitrogens with one attached hydrogen (secondary N) is 1. The maximum Gasteiger partial charge on any atom is 0.319 e. The van der Waals surface area contributed by atoms with Crippen molar-refractivity contribution in [1.82, 2.24) is 9.97 Å². The van der Waals surface area contributed by atoms with Crippen LogP contribution in [0.5, 0.6) is 0 Å². The fourth-order valence-corrected chi connectivity index (χ4v) is 1.97. The van der Waals surface area contributed by atoms with Gasteiger partial charge in [0.1, 0.15) is 11.2 Å². The number of hydrogen-bond acceptors (Lipinski definition) is 3. The molecule has 2 rings (SSSR count). The van der Waals surface area contributed by atoms with Crippen molar-refractivity contribution < 1.29 is 9.53 Å². The van der Waals surface area contributed by atoms with Gasteiger partial charge in [-0.3, -0.25) is 4.79 Å². The largest absolute Gasteiger partial charge is 0.465 e. The van der Waals surface area contributed by atoms with Crippen LogP contribution in [0.2, 0.25) is 0 Å². The third kappa shape index (κ3) is 2.35. The summed E-state index contributed by atoms with van der Waals surface area (Å²) < 4.78 is 5.11. The fraction of sp³-hybridized carbons (Fsp3) is 0.467. The highest BCUT2D eigenvalue weighted by atomic mass is 16.5. The molecule has 0 fully saturated rings. The summed E-state index contributed by atoms with van der Waals surface area (Å²) in [7, 11) is 0. The molecular weight excluding hydrogens is 240 g/mol. The number of imidazole rings is 1. The van der Waals surface area contributed by atoms with Gasteiger partial charge >= 0.3 is 5.97 Å². The molecule has 1 N–H and O–H groups in total. The smallest absolute Gasteiger partial charge is 0.319 e. The van der Waals surface area contributed by atoms with E-state index in [-0.39, 0.29) is 5.97 Å². The standard InChI is InChI=1S/C15H20N2O2/c1-6-19-14(18)15(4,5)13-16-11-7-9(2)10(3)8-12(11)17-13/h7-8H,6H2,1-5H3,(H,16,17). The SMILES string of the molecule is CCOC(=O)C(C)(C)c1nc2cc(C)c(C)cc2[nH]1. The lowest BCUT2D eigenvalue weighted by molar-refractivity contribution is -0.149. The van der Waals surface area contributed by atoms with Gasteiger partial charge in [-0.05, 0) is 57.9 Å². The van der Waals surface area contributed by atoms with E-state index < -0.39 is 5.41 Å². The van der Waals surface area contributed by atoms with Gasteiger partial charge in [0, 0.05) is 0 Å². The van der Waals surface area contributed by atoms with E-state index in [9.17, 15) is 4.79 Å². The first-order valence-electron chi connectivity index (χ1n) is 6.51. The van der Waals surface area contributed by atoms with Gasteiger partial charge in [-0.2, -0.15) is 0 Å². The van der Waals surface area contributed by atoms with Crippen LogP contribution in [0.1, 0.15) is 37.7 Å². The number of ether oxygens (including phenoxy) is 1. The molecule has 19 heavy (non-hydrogen) atoms. The molecule has 1 heterocycles. The predicted octanol–water partition coefficient (Wildman–Crippen LogP) is 3.02. The predicted molar refractivity (Wildman–Crippen MR) is 75.2 cm³/mol. The lowest BCUT2D eigenvalue weighted by Gasteiger charge is -2.19. The number of fused-ring (bicyclic) bond motifs is 1. The van der Waals surface area contributed by atoms with Gasteiger partial charge in [0.2, 0.25) is 0 Å². The number of esters is 1. The zero-order chi connectivity index (χ0) is 14.2. The molecule has 1 aromatic carbocycles. The molecular formula is C15H20N2O2. The number of carbonyl (C=O) groups is 1. The van der Waals surface area contributed by atoms with Crippen LogP contribution < -0.4 is 0 Å². The molecule has 0 bridgehead atoms.